The number of ether oxygens (including phenoxy) is 1. The number of β-amino-alcohol motifs (C(OH)–C–C–N with tert-alkyl or cyclic N) is 1. The molecule has 1 aromatic carbocycles. The van der Waals surface area contributed by atoms with Crippen LogP contribution in [-0.2, 0) is 16.0 Å². The first kappa shape index (κ1) is 14.1. The minimum Gasteiger partial charge on any atom is -0.471 e. The monoisotopic (exact) mass is 289 g/mol. The molecule has 0 saturated carbocycles. The van der Waals surface area contributed by atoms with Gasteiger partial charge in [0.05, 0.1) is 25.2 Å². The molecule has 0 aliphatic carbocycles. The number of hydrogen-bond donors (Lipinski definition) is 1. The van der Waals surface area contributed by atoms with Crippen molar-refractivity contribution in [3.63, 3.8) is 0 Å². The van der Waals surface area contributed by atoms with Gasteiger partial charge in [0.15, 0.2) is 0 Å². The summed E-state index contributed by atoms with van der Waals surface area (Å²) in [6.07, 6.45) is 4.49. The highest BCUT2D eigenvalue weighted by Gasteiger charge is 2.24. The van der Waals surface area contributed by atoms with Crippen molar-refractivity contribution in [2.75, 3.05) is 26.3 Å². The molecule has 112 valence electrons. The average molecular weight is 289 g/mol. The van der Waals surface area contributed by atoms with Crippen molar-refractivity contribution >= 4 is 16.7 Å². The summed E-state index contributed by atoms with van der Waals surface area (Å²) in [5, 5.41) is 11.6. The Kier molecular flexibility index (Phi) is 4.22. The molecule has 21 heavy (non-hydrogen) atoms. The van der Waals surface area contributed by atoms with E-state index in [-0.39, 0.29) is 18.6 Å². The maximum absolute atomic E-state index is 11.8. The molecule has 1 N–H and O–H groups in total. The van der Waals surface area contributed by atoms with E-state index in [0.29, 0.717) is 26.1 Å². The van der Waals surface area contributed by atoms with Gasteiger partial charge in [-0.2, -0.15) is 0 Å². The van der Waals surface area contributed by atoms with E-state index in [1.54, 1.807) is 17.4 Å². The van der Waals surface area contributed by atoms with E-state index < -0.39 is 0 Å². The predicted molar refractivity (Wildman–Crippen MR) is 77.9 cm³/mol. The van der Waals surface area contributed by atoms with Crippen molar-refractivity contribution < 1.29 is 19.1 Å². The van der Waals surface area contributed by atoms with Gasteiger partial charge in [-0.3, -0.25) is 4.79 Å². The van der Waals surface area contributed by atoms with E-state index in [2.05, 4.69) is 6.07 Å². The van der Waals surface area contributed by atoms with Crippen LogP contribution in [-0.4, -0.2) is 48.3 Å². The van der Waals surface area contributed by atoms with Gasteiger partial charge in [0.2, 0.25) is 5.91 Å². The molecule has 1 atom stereocenters. The molecule has 5 nitrogen and oxygen atoms in total. The fraction of sp³-hybridized carbons (Fsp3) is 0.438. The van der Waals surface area contributed by atoms with Crippen LogP contribution in [0.4, 0.5) is 0 Å². The number of carbonyl (C=O) groups is 1. The van der Waals surface area contributed by atoms with Crippen LogP contribution in [0.2, 0.25) is 0 Å². The lowest BCUT2D eigenvalue weighted by atomic mass is 10.1. The molecular weight excluding hydrogens is 270 g/mol. The Balaban J connectivity index is 1.42. The van der Waals surface area contributed by atoms with Gasteiger partial charge in [0, 0.05) is 23.9 Å². The molecule has 1 saturated heterocycles. The summed E-state index contributed by atoms with van der Waals surface area (Å²) < 4.78 is 10.6. The standard InChI is InChI=1S/C16H19NO4/c18-15-3-5-17(8-15)16(19)11-20-6-4-12-1-2-13-9-21-10-14(13)7-12/h1-2,7,9-10,15,18H,3-6,8,11H2. The molecule has 1 fully saturated rings. The third-order valence-corrected chi connectivity index (χ3v) is 3.82. The maximum Gasteiger partial charge on any atom is 0.248 e. The van der Waals surface area contributed by atoms with Gasteiger partial charge < -0.3 is 19.2 Å². The number of carbonyl (C=O) groups excluding carboxylic acids is 1. The van der Waals surface area contributed by atoms with Crippen LogP contribution in [0, 0.1) is 0 Å². The van der Waals surface area contributed by atoms with Crippen molar-refractivity contribution in [2.24, 2.45) is 0 Å². The number of amides is 1. The van der Waals surface area contributed by atoms with Gasteiger partial charge in [-0.1, -0.05) is 12.1 Å². The number of aliphatic hydroxyl groups is 1. The first-order valence-electron chi connectivity index (χ1n) is 7.21. The van der Waals surface area contributed by atoms with Crippen molar-refractivity contribution in [3.05, 3.63) is 36.3 Å². The maximum atomic E-state index is 11.8. The molecule has 0 radical (unpaired) electrons. The summed E-state index contributed by atoms with van der Waals surface area (Å²) in [5.41, 5.74) is 1.16. The predicted octanol–water partition coefficient (Wildman–Crippen LogP) is 1.59. The molecule has 2 aromatic rings. The average Bonchev–Trinajstić information content (AvgIpc) is 3.11. The third-order valence-electron chi connectivity index (χ3n) is 3.82. The zero-order valence-corrected chi connectivity index (χ0v) is 11.8. The first-order chi connectivity index (χ1) is 10.2. The first-order valence-corrected chi connectivity index (χ1v) is 7.21. The largest absolute Gasteiger partial charge is 0.471 e. The Labute approximate surface area is 123 Å². The van der Waals surface area contributed by atoms with Gasteiger partial charge in [0.1, 0.15) is 6.61 Å². The SMILES string of the molecule is O=C(COCCc1ccc2cocc2c1)N1CCC(O)C1. The normalized spacial score (nSPS) is 18.5. The number of fused-ring (bicyclic) bond motifs is 1. The number of hydrogen-bond acceptors (Lipinski definition) is 4. The van der Waals surface area contributed by atoms with Gasteiger partial charge in [-0.05, 0) is 24.5 Å². The second kappa shape index (κ2) is 6.28. The summed E-state index contributed by atoms with van der Waals surface area (Å²) in [4.78, 5) is 13.5. The van der Waals surface area contributed by atoms with Crippen molar-refractivity contribution in [1.29, 1.82) is 0 Å². The topological polar surface area (TPSA) is 62.9 Å². The van der Waals surface area contributed by atoms with Crippen LogP contribution in [0.3, 0.4) is 0 Å². The van der Waals surface area contributed by atoms with E-state index in [1.807, 2.05) is 12.1 Å². The number of nitrogens with zero attached hydrogens (tertiary/aromatic N) is 1. The molecule has 1 unspecified atom stereocenters. The minimum absolute atomic E-state index is 0.0446. The molecule has 0 bridgehead atoms. The smallest absolute Gasteiger partial charge is 0.248 e. The highest BCUT2D eigenvalue weighted by molar-refractivity contribution is 5.81. The fourth-order valence-electron chi connectivity index (χ4n) is 2.58. The van der Waals surface area contributed by atoms with Crippen LogP contribution in [0.25, 0.3) is 10.8 Å². The van der Waals surface area contributed by atoms with Gasteiger partial charge in [-0.25, -0.2) is 0 Å². The Morgan fingerprint density at radius 2 is 2.24 bits per heavy atom. The lowest BCUT2D eigenvalue weighted by Crippen LogP contribution is -2.32. The van der Waals surface area contributed by atoms with E-state index >= 15 is 0 Å². The number of aliphatic hydroxyl groups excluding tert-OH is 1. The highest BCUT2D eigenvalue weighted by Crippen LogP contribution is 2.17. The van der Waals surface area contributed by atoms with E-state index in [1.165, 1.54) is 0 Å². The van der Waals surface area contributed by atoms with Crippen molar-refractivity contribution in [2.45, 2.75) is 18.9 Å². The van der Waals surface area contributed by atoms with E-state index in [9.17, 15) is 9.90 Å². The summed E-state index contributed by atoms with van der Waals surface area (Å²) in [7, 11) is 0. The van der Waals surface area contributed by atoms with Gasteiger partial charge in [0.25, 0.3) is 0 Å². The number of benzene rings is 1. The van der Waals surface area contributed by atoms with Gasteiger partial charge >= 0.3 is 0 Å². The zero-order valence-electron chi connectivity index (χ0n) is 11.8. The molecule has 2 heterocycles. The van der Waals surface area contributed by atoms with Crippen molar-refractivity contribution in [1.82, 2.24) is 4.90 Å². The Hall–Kier alpha value is -1.85. The Morgan fingerprint density at radius 3 is 3.05 bits per heavy atom. The van der Waals surface area contributed by atoms with Crippen molar-refractivity contribution in [3.8, 4) is 0 Å². The molecule has 1 amide bonds. The van der Waals surface area contributed by atoms with Crippen LogP contribution in [0.5, 0.6) is 0 Å². The number of furan rings is 1. The molecule has 3 rings (SSSR count). The van der Waals surface area contributed by atoms with Gasteiger partial charge in [-0.15, -0.1) is 0 Å². The third kappa shape index (κ3) is 3.43. The molecule has 5 heteroatoms. The van der Waals surface area contributed by atoms with Crippen LogP contribution < -0.4 is 0 Å². The summed E-state index contributed by atoms with van der Waals surface area (Å²) in [6, 6.07) is 6.13. The number of rotatable bonds is 5. The van der Waals surface area contributed by atoms with E-state index in [0.717, 1.165) is 22.8 Å². The highest BCUT2D eigenvalue weighted by atomic mass is 16.5. The van der Waals surface area contributed by atoms with Crippen LogP contribution in [0.15, 0.2) is 35.1 Å². The summed E-state index contributed by atoms with van der Waals surface area (Å²) in [6.45, 7) is 1.64. The fourth-order valence-corrected chi connectivity index (χ4v) is 2.58. The molecule has 0 spiro atoms. The Morgan fingerprint density at radius 1 is 1.38 bits per heavy atom. The second-order valence-corrected chi connectivity index (χ2v) is 5.42. The van der Waals surface area contributed by atoms with Crippen LogP contribution in [0.1, 0.15) is 12.0 Å². The molecular formula is C16H19NO4. The Bertz CT molecular complexity index is 622. The van der Waals surface area contributed by atoms with Crippen LogP contribution >= 0.6 is 0 Å². The molecule has 1 aliphatic rings. The lowest BCUT2D eigenvalue weighted by Gasteiger charge is -2.15. The quantitative estimate of drug-likeness (QED) is 0.849. The summed E-state index contributed by atoms with van der Waals surface area (Å²) >= 11 is 0. The number of likely N-dealkylation sites (tertiary alicyclic amines) is 1. The van der Waals surface area contributed by atoms with E-state index in [4.69, 9.17) is 9.15 Å². The lowest BCUT2D eigenvalue weighted by molar-refractivity contribution is -0.135. The second-order valence-electron chi connectivity index (χ2n) is 5.42. The molecule has 1 aromatic heterocycles. The molecule has 1 aliphatic heterocycles. The zero-order chi connectivity index (χ0) is 14.7. The minimum atomic E-state index is -0.379. The summed E-state index contributed by atoms with van der Waals surface area (Å²) in [5.74, 6) is -0.0446.